The van der Waals surface area contributed by atoms with E-state index in [0.717, 1.165) is 11.3 Å². The zero-order chi connectivity index (χ0) is 18.0. The Kier molecular flexibility index (Phi) is 4.96. The van der Waals surface area contributed by atoms with Crippen LogP contribution in [0.4, 0.5) is 5.69 Å². The summed E-state index contributed by atoms with van der Waals surface area (Å²) in [4.78, 5) is 11.7. The summed E-state index contributed by atoms with van der Waals surface area (Å²) in [6.07, 6.45) is 0.418. The van der Waals surface area contributed by atoms with Crippen molar-refractivity contribution in [3.05, 3.63) is 58.6 Å². The molecule has 0 saturated carbocycles. The monoisotopic (exact) mass is 381 g/mol. The summed E-state index contributed by atoms with van der Waals surface area (Å²) in [5.74, 6) is -0.619. The summed E-state index contributed by atoms with van der Waals surface area (Å²) in [6, 6.07) is 10.5. The highest BCUT2D eigenvalue weighted by molar-refractivity contribution is 7.89. The quantitative estimate of drug-likeness (QED) is 0.477. The van der Waals surface area contributed by atoms with Gasteiger partial charge in [-0.05, 0) is 54.4 Å². The number of hydrogen-bond acceptors (Lipinski definition) is 5. The molecule has 2 aromatic rings. The van der Waals surface area contributed by atoms with Crippen LogP contribution in [-0.2, 0) is 16.4 Å². The van der Waals surface area contributed by atoms with E-state index in [1.807, 2.05) is 0 Å². The van der Waals surface area contributed by atoms with E-state index in [1.54, 1.807) is 23.7 Å². The molecule has 0 fully saturated rings. The molecule has 25 heavy (non-hydrogen) atoms. The van der Waals surface area contributed by atoms with Crippen molar-refractivity contribution in [3.8, 4) is 0 Å². The van der Waals surface area contributed by atoms with Crippen LogP contribution in [0.5, 0.6) is 0 Å². The van der Waals surface area contributed by atoms with Gasteiger partial charge in [-0.1, -0.05) is 11.6 Å². The van der Waals surface area contributed by atoms with Gasteiger partial charge in [-0.2, -0.15) is 0 Å². The molecule has 4 N–H and O–H groups in total. The van der Waals surface area contributed by atoms with Crippen molar-refractivity contribution in [2.75, 3.05) is 11.9 Å². The molecular weight excluding hydrogens is 366 g/mol. The zero-order valence-electron chi connectivity index (χ0n) is 13.0. The molecule has 2 aromatic carbocycles. The summed E-state index contributed by atoms with van der Waals surface area (Å²) in [7, 11) is -3.68. The van der Waals surface area contributed by atoms with Crippen LogP contribution in [0.15, 0.2) is 47.4 Å². The normalized spacial score (nSPS) is 16.6. The van der Waals surface area contributed by atoms with Gasteiger partial charge in [0.15, 0.2) is 0 Å². The van der Waals surface area contributed by atoms with Crippen molar-refractivity contribution in [2.24, 2.45) is 0 Å². The van der Waals surface area contributed by atoms with E-state index in [9.17, 15) is 13.2 Å². The minimum atomic E-state index is -3.68. The SMILES string of the molecule is O=C(NO)c1ccc2c(c1)CC(NS(=O)(=O)c1ccc(Cl)cc1)CN2. The van der Waals surface area contributed by atoms with E-state index in [1.165, 1.54) is 24.3 Å². The van der Waals surface area contributed by atoms with Gasteiger partial charge in [0.2, 0.25) is 10.0 Å². The van der Waals surface area contributed by atoms with Gasteiger partial charge < -0.3 is 5.32 Å². The molecule has 132 valence electrons. The van der Waals surface area contributed by atoms with Crippen LogP contribution < -0.4 is 15.5 Å². The van der Waals surface area contributed by atoms with Crippen molar-refractivity contribution in [3.63, 3.8) is 0 Å². The number of rotatable bonds is 4. The lowest BCUT2D eigenvalue weighted by atomic mass is 9.98. The number of carbonyl (C=O) groups excluding carboxylic acids is 1. The summed E-state index contributed by atoms with van der Waals surface area (Å²) in [5.41, 5.74) is 3.50. The molecule has 0 aromatic heterocycles. The van der Waals surface area contributed by atoms with Crippen LogP contribution in [0.25, 0.3) is 0 Å². The number of nitrogens with one attached hydrogen (secondary N) is 3. The molecule has 1 amide bonds. The average Bonchev–Trinajstić information content (AvgIpc) is 2.60. The zero-order valence-corrected chi connectivity index (χ0v) is 14.6. The number of carbonyl (C=O) groups is 1. The van der Waals surface area contributed by atoms with Gasteiger partial charge in [0, 0.05) is 28.9 Å². The minimum absolute atomic E-state index is 0.135. The maximum Gasteiger partial charge on any atom is 0.274 e. The molecule has 3 rings (SSSR count). The Morgan fingerprint density at radius 2 is 1.92 bits per heavy atom. The first-order chi connectivity index (χ1) is 11.9. The second kappa shape index (κ2) is 7.01. The van der Waals surface area contributed by atoms with Crippen LogP contribution in [0.1, 0.15) is 15.9 Å². The highest BCUT2D eigenvalue weighted by Crippen LogP contribution is 2.24. The first-order valence-electron chi connectivity index (χ1n) is 7.48. The molecule has 1 aliphatic rings. The van der Waals surface area contributed by atoms with Gasteiger partial charge in [0.25, 0.3) is 5.91 Å². The first-order valence-corrected chi connectivity index (χ1v) is 9.34. The first kappa shape index (κ1) is 17.7. The third kappa shape index (κ3) is 3.93. The molecule has 1 unspecified atom stereocenters. The van der Waals surface area contributed by atoms with Gasteiger partial charge in [-0.25, -0.2) is 18.6 Å². The van der Waals surface area contributed by atoms with E-state index < -0.39 is 15.9 Å². The Balaban J connectivity index is 1.78. The summed E-state index contributed by atoms with van der Waals surface area (Å²) in [6.45, 7) is 0.422. The maximum atomic E-state index is 12.5. The number of benzene rings is 2. The fourth-order valence-electron chi connectivity index (χ4n) is 2.70. The predicted molar refractivity (Wildman–Crippen MR) is 93.4 cm³/mol. The highest BCUT2D eigenvalue weighted by Gasteiger charge is 2.25. The van der Waals surface area contributed by atoms with Gasteiger partial charge in [-0.15, -0.1) is 0 Å². The molecule has 7 nitrogen and oxygen atoms in total. The Labute approximate surface area is 150 Å². The van der Waals surface area contributed by atoms with Crippen LogP contribution in [0, 0.1) is 0 Å². The van der Waals surface area contributed by atoms with E-state index in [4.69, 9.17) is 16.8 Å². The van der Waals surface area contributed by atoms with Crippen LogP contribution >= 0.6 is 11.6 Å². The molecule has 1 aliphatic heterocycles. The second-order valence-electron chi connectivity index (χ2n) is 5.67. The number of hydrogen-bond donors (Lipinski definition) is 4. The van der Waals surface area contributed by atoms with Gasteiger partial charge in [-0.3, -0.25) is 10.0 Å². The van der Waals surface area contributed by atoms with Gasteiger partial charge in [0.05, 0.1) is 4.90 Å². The fourth-order valence-corrected chi connectivity index (χ4v) is 4.06. The van der Waals surface area contributed by atoms with Crippen molar-refractivity contribution in [1.29, 1.82) is 0 Å². The lowest BCUT2D eigenvalue weighted by molar-refractivity contribution is 0.0706. The van der Waals surface area contributed by atoms with Crippen molar-refractivity contribution in [1.82, 2.24) is 10.2 Å². The Morgan fingerprint density at radius 1 is 1.20 bits per heavy atom. The number of anilines is 1. The Morgan fingerprint density at radius 3 is 2.60 bits per heavy atom. The van der Waals surface area contributed by atoms with E-state index in [2.05, 4.69) is 10.0 Å². The predicted octanol–water partition coefficient (Wildman–Crippen LogP) is 1.77. The van der Waals surface area contributed by atoms with Crippen LogP contribution in [0.2, 0.25) is 5.02 Å². The largest absolute Gasteiger partial charge is 0.383 e. The summed E-state index contributed by atoms with van der Waals surface area (Å²) in [5, 5.41) is 12.3. The highest BCUT2D eigenvalue weighted by atomic mass is 35.5. The number of amides is 1. The molecular formula is C16H16ClN3O4S. The van der Waals surface area contributed by atoms with Crippen LogP contribution in [0.3, 0.4) is 0 Å². The maximum absolute atomic E-state index is 12.5. The molecule has 1 heterocycles. The summed E-state index contributed by atoms with van der Waals surface area (Å²) >= 11 is 5.79. The molecule has 1 atom stereocenters. The fraction of sp³-hybridized carbons (Fsp3) is 0.188. The lowest BCUT2D eigenvalue weighted by Crippen LogP contribution is -2.43. The van der Waals surface area contributed by atoms with E-state index >= 15 is 0 Å². The third-order valence-electron chi connectivity index (χ3n) is 3.92. The summed E-state index contributed by atoms with van der Waals surface area (Å²) < 4.78 is 27.6. The van der Waals surface area contributed by atoms with E-state index in [0.29, 0.717) is 23.6 Å². The Hall–Kier alpha value is -2.13. The van der Waals surface area contributed by atoms with Crippen molar-refractivity contribution >= 4 is 33.2 Å². The molecule has 9 heteroatoms. The van der Waals surface area contributed by atoms with E-state index in [-0.39, 0.29) is 10.9 Å². The standard InChI is InChI=1S/C16H16ClN3O4S/c17-12-2-4-14(5-3-12)25(23,24)20-13-8-11-7-10(16(21)19-22)1-6-15(11)18-9-13/h1-7,13,18,20,22H,8-9H2,(H,19,21). The van der Waals surface area contributed by atoms with Crippen molar-refractivity contribution < 1.29 is 18.4 Å². The van der Waals surface area contributed by atoms with Crippen molar-refractivity contribution in [2.45, 2.75) is 17.4 Å². The van der Waals surface area contributed by atoms with Crippen LogP contribution in [-0.4, -0.2) is 32.1 Å². The third-order valence-corrected chi connectivity index (χ3v) is 5.71. The lowest BCUT2D eigenvalue weighted by Gasteiger charge is -2.27. The Bertz CT molecular complexity index is 900. The number of sulfonamides is 1. The van der Waals surface area contributed by atoms with Gasteiger partial charge in [0.1, 0.15) is 0 Å². The number of halogens is 1. The molecule has 0 spiro atoms. The van der Waals surface area contributed by atoms with Gasteiger partial charge >= 0.3 is 0 Å². The topological polar surface area (TPSA) is 108 Å². The molecule has 0 aliphatic carbocycles. The smallest absolute Gasteiger partial charge is 0.274 e. The number of fused-ring (bicyclic) bond motifs is 1. The molecule has 0 radical (unpaired) electrons. The minimum Gasteiger partial charge on any atom is -0.383 e. The average molecular weight is 382 g/mol. The molecule has 0 saturated heterocycles. The number of hydroxylamine groups is 1. The molecule has 0 bridgehead atoms. The second-order valence-corrected chi connectivity index (χ2v) is 7.82.